The molecule has 1 fully saturated rings. The molecule has 1 aliphatic rings. The second-order valence-electron chi connectivity index (χ2n) is 12.7. The summed E-state index contributed by atoms with van der Waals surface area (Å²) in [6.07, 6.45) is 15.5. The number of thioether (sulfide) groups is 1. The topological polar surface area (TPSA) is 222 Å². The highest BCUT2D eigenvalue weighted by molar-refractivity contribution is 7.99. The predicted octanol–water partition coefficient (Wildman–Crippen LogP) is 6.10. The van der Waals surface area contributed by atoms with Gasteiger partial charge in [0, 0.05) is 18.6 Å². The zero-order chi connectivity index (χ0) is 36.8. The predicted molar refractivity (Wildman–Crippen MR) is 194 cm³/mol. The van der Waals surface area contributed by atoms with Crippen molar-refractivity contribution in [3.63, 3.8) is 0 Å². The van der Waals surface area contributed by atoms with E-state index in [4.69, 9.17) is 24.3 Å². The van der Waals surface area contributed by atoms with E-state index in [0.717, 1.165) is 23.2 Å². The molecule has 7 unspecified atom stereocenters. The fraction of sp³-hybridized carbons (Fsp3) is 0.875. The molecule has 15 nitrogen and oxygen atoms in total. The Labute approximate surface area is 301 Å². The molecule has 0 amide bonds. The third-order valence-electron chi connectivity index (χ3n) is 8.34. The van der Waals surface area contributed by atoms with Crippen molar-refractivity contribution in [3.05, 3.63) is 22.7 Å². The number of unbranched alkanes of at least 4 members (excludes halogenated alkanes) is 15. The zero-order valence-electron chi connectivity index (χ0n) is 29.7. The summed E-state index contributed by atoms with van der Waals surface area (Å²) in [6.45, 7) is 3.17. The number of rotatable bonds is 30. The summed E-state index contributed by atoms with van der Waals surface area (Å²) in [4.78, 5) is 35.7. The number of nitrogens with zero attached hydrogens (tertiary/aromatic N) is 2. The minimum Gasteiger partial charge on any atom is -0.387 e. The van der Waals surface area contributed by atoms with Gasteiger partial charge in [-0.1, -0.05) is 103 Å². The average molecular weight is 774 g/mol. The Kier molecular flexibility index (Phi) is 22.8. The van der Waals surface area contributed by atoms with Gasteiger partial charge < -0.3 is 35.2 Å². The SMILES string of the molecule is CCCCCCCCCCCCCCCCCCSCC(COP(=O)(O)OP(=O)(O)OCC1OC(n2ccc(N)nc2=O)C(O)C1O)OCC. The molecular weight excluding hydrogens is 712 g/mol. The van der Waals surface area contributed by atoms with Gasteiger partial charge in [0.15, 0.2) is 6.23 Å². The van der Waals surface area contributed by atoms with Crippen LogP contribution in [0, 0.1) is 0 Å². The summed E-state index contributed by atoms with van der Waals surface area (Å²) in [5.74, 6) is 1.33. The van der Waals surface area contributed by atoms with E-state index >= 15 is 0 Å². The quantitative estimate of drug-likeness (QED) is 0.0441. The van der Waals surface area contributed by atoms with Crippen molar-refractivity contribution in [2.45, 2.75) is 147 Å². The number of hydrogen-bond donors (Lipinski definition) is 5. The molecule has 0 radical (unpaired) electrons. The molecule has 18 heteroatoms. The van der Waals surface area contributed by atoms with Crippen molar-refractivity contribution in [3.8, 4) is 0 Å². The van der Waals surface area contributed by atoms with E-state index in [2.05, 4.69) is 16.2 Å². The summed E-state index contributed by atoms with van der Waals surface area (Å²) in [7, 11) is -10.3. The molecule has 1 aliphatic heterocycles. The molecule has 2 heterocycles. The third-order valence-corrected chi connectivity index (χ3v) is 12.1. The molecule has 0 bridgehead atoms. The number of phosphoric ester groups is 2. The summed E-state index contributed by atoms with van der Waals surface area (Å²) in [6, 6.07) is 1.28. The van der Waals surface area contributed by atoms with Gasteiger partial charge >= 0.3 is 21.3 Å². The van der Waals surface area contributed by atoms with Gasteiger partial charge in [-0.05, 0) is 25.2 Å². The van der Waals surface area contributed by atoms with Gasteiger partial charge in [0.2, 0.25) is 0 Å². The van der Waals surface area contributed by atoms with Crippen LogP contribution in [0.4, 0.5) is 5.82 Å². The number of nitrogen functional groups attached to an aromatic ring is 1. The number of phosphoric acid groups is 2. The van der Waals surface area contributed by atoms with E-state index < -0.39 is 58.6 Å². The highest BCUT2D eigenvalue weighted by Crippen LogP contribution is 2.60. The Hall–Kier alpha value is -0.870. The molecule has 7 atom stereocenters. The van der Waals surface area contributed by atoms with Gasteiger partial charge in [-0.15, -0.1) is 0 Å². The number of aliphatic hydroxyl groups is 2. The standard InChI is InChI=1S/C32H61N3O12P2S/c1-3-5-6-7-8-9-10-11-12-13-14-15-16-17-18-19-22-50-25-26(43-4-2)23-44-48(39,40)47-49(41,42)45-24-27-29(36)30(37)31(46-27)35-21-20-28(33)34-32(35)38/h20-21,26-27,29-31,36-37H,3-19,22-25H2,1-2H3,(H,39,40)(H,41,42)(H2,33,34,38). The van der Waals surface area contributed by atoms with Gasteiger partial charge in [0.05, 0.1) is 19.3 Å². The first kappa shape index (κ1) is 45.3. The lowest BCUT2D eigenvalue weighted by Crippen LogP contribution is -2.36. The highest BCUT2D eigenvalue weighted by atomic mass is 32.2. The first-order valence-corrected chi connectivity index (χ1v) is 22.2. The maximum absolute atomic E-state index is 12.5. The monoisotopic (exact) mass is 773 g/mol. The van der Waals surface area contributed by atoms with E-state index in [1.165, 1.54) is 102 Å². The van der Waals surface area contributed by atoms with Crippen LogP contribution in [0.3, 0.4) is 0 Å². The van der Waals surface area contributed by atoms with Crippen LogP contribution in [0.5, 0.6) is 0 Å². The van der Waals surface area contributed by atoms with Crippen molar-refractivity contribution >= 4 is 33.2 Å². The molecule has 1 aromatic heterocycles. The van der Waals surface area contributed by atoms with E-state index in [-0.39, 0.29) is 12.4 Å². The summed E-state index contributed by atoms with van der Waals surface area (Å²) in [5.41, 5.74) is 4.60. The van der Waals surface area contributed by atoms with Gasteiger partial charge in [-0.25, -0.2) is 13.9 Å². The Morgan fingerprint density at radius 3 is 1.96 bits per heavy atom. The molecule has 50 heavy (non-hydrogen) atoms. The van der Waals surface area contributed by atoms with Crippen LogP contribution in [0.2, 0.25) is 0 Å². The summed E-state index contributed by atoms with van der Waals surface area (Å²) >= 11 is 1.64. The van der Waals surface area contributed by atoms with E-state index in [1.807, 2.05) is 0 Å². The molecule has 1 saturated heterocycles. The Balaban J connectivity index is 1.58. The molecular formula is C32H61N3O12P2S. The second kappa shape index (κ2) is 25.2. The Morgan fingerprint density at radius 2 is 1.42 bits per heavy atom. The fourth-order valence-electron chi connectivity index (χ4n) is 5.59. The normalized spacial score (nSPS) is 22.4. The maximum Gasteiger partial charge on any atom is 0.481 e. The smallest absolute Gasteiger partial charge is 0.387 e. The van der Waals surface area contributed by atoms with Crippen molar-refractivity contribution in [2.75, 3.05) is 37.1 Å². The zero-order valence-corrected chi connectivity index (χ0v) is 32.3. The highest BCUT2D eigenvalue weighted by Gasteiger charge is 2.46. The first-order chi connectivity index (χ1) is 23.9. The number of ether oxygens (including phenoxy) is 2. The van der Waals surface area contributed by atoms with Crippen LogP contribution in [0.15, 0.2) is 17.1 Å². The van der Waals surface area contributed by atoms with Crippen molar-refractivity contribution in [1.29, 1.82) is 0 Å². The number of aromatic nitrogens is 2. The van der Waals surface area contributed by atoms with Crippen LogP contribution >= 0.6 is 27.4 Å². The van der Waals surface area contributed by atoms with Crippen molar-refractivity contribution in [1.82, 2.24) is 9.55 Å². The lowest BCUT2D eigenvalue weighted by atomic mass is 10.0. The minimum absolute atomic E-state index is 0.0647. The van der Waals surface area contributed by atoms with E-state index in [9.17, 15) is 33.9 Å². The molecule has 0 aliphatic carbocycles. The molecule has 2 rings (SSSR count). The molecule has 1 aromatic rings. The van der Waals surface area contributed by atoms with Crippen LogP contribution in [-0.2, 0) is 32.0 Å². The van der Waals surface area contributed by atoms with Crippen LogP contribution in [0.25, 0.3) is 0 Å². The lowest BCUT2D eigenvalue weighted by molar-refractivity contribution is -0.0543. The molecule has 6 N–H and O–H groups in total. The van der Waals surface area contributed by atoms with Gasteiger partial charge in [-0.2, -0.15) is 21.1 Å². The summed E-state index contributed by atoms with van der Waals surface area (Å²) < 4.78 is 50.9. The van der Waals surface area contributed by atoms with Crippen LogP contribution in [0.1, 0.15) is 123 Å². The van der Waals surface area contributed by atoms with Crippen LogP contribution in [-0.4, -0.2) is 85.3 Å². The Morgan fingerprint density at radius 1 is 0.880 bits per heavy atom. The average Bonchev–Trinajstić information content (AvgIpc) is 3.34. The van der Waals surface area contributed by atoms with E-state index in [0.29, 0.717) is 12.4 Å². The summed E-state index contributed by atoms with van der Waals surface area (Å²) in [5, 5.41) is 20.6. The molecule has 292 valence electrons. The van der Waals surface area contributed by atoms with Crippen molar-refractivity contribution < 1.29 is 52.0 Å². The fourth-order valence-corrected chi connectivity index (χ4v) is 8.73. The minimum atomic E-state index is -5.21. The number of aliphatic hydroxyl groups excluding tert-OH is 2. The molecule has 0 spiro atoms. The maximum atomic E-state index is 12.5. The van der Waals surface area contributed by atoms with Crippen molar-refractivity contribution in [2.24, 2.45) is 0 Å². The van der Waals surface area contributed by atoms with Gasteiger partial charge in [-0.3, -0.25) is 13.6 Å². The van der Waals surface area contributed by atoms with Crippen LogP contribution < -0.4 is 11.4 Å². The van der Waals surface area contributed by atoms with E-state index in [1.54, 1.807) is 18.7 Å². The third kappa shape index (κ3) is 18.8. The molecule has 0 saturated carbocycles. The number of anilines is 1. The van der Waals surface area contributed by atoms with Gasteiger partial charge in [0.25, 0.3) is 0 Å². The second-order valence-corrected chi connectivity index (χ2v) is 16.8. The lowest BCUT2D eigenvalue weighted by Gasteiger charge is -2.21. The molecule has 0 aromatic carbocycles. The first-order valence-electron chi connectivity index (χ1n) is 18.1. The Bertz CT molecular complexity index is 1220. The van der Waals surface area contributed by atoms with Gasteiger partial charge in [0.1, 0.15) is 24.1 Å². The number of nitrogens with two attached hydrogens (primary N) is 1. The number of hydrogen-bond acceptors (Lipinski definition) is 13. The largest absolute Gasteiger partial charge is 0.481 e.